The Kier molecular flexibility index (Phi) is 6.52. The van der Waals surface area contributed by atoms with Crippen LogP contribution in [0.4, 0.5) is 0 Å². The van der Waals surface area contributed by atoms with E-state index < -0.39 is 0 Å². The topological polar surface area (TPSA) is 64.3 Å². The second kappa shape index (κ2) is 7.90. The number of nitrogens with one attached hydrogen (secondary N) is 1. The maximum absolute atomic E-state index is 11.7. The predicted molar refractivity (Wildman–Crippen MR) is 81.6 cm³/mol. The molecule has 1 atom stereocenters. The molecule has 0 spiro atoms. The van der Waals surface area contributed by atoms with E-state index in [0.29, 0.717) is 19.6 Å². The molecule has 0 saturated heterocycles. The molecular weight excluding hydrogens is 252 g/mol. The van der Waals surface area contributed by atoms with E-state index in [-0.39, 0.29) is 17.4 Å². The van der Waals surface area contributed by atoms with Crippen molar-refractivity contribution in [2.45, 2.75) is 39.7 Å². The van der Waals surface area contributed by atoms with Gasteiger partial charge in [-0.25, -0.2) is 0 Å². The van der Waals surface area contributed by atoms with E-state index in [1.54, 1.807) is 0 Å². The number of rotatable bonds is 7. The zero-order valence-corrected chi connectivity index (χ0v) is 12.7. The lowest BCUT2D eigenvalue weighted by Crippen LogP contribution is -2.39. The first kappa shape index (κ1) is 16.5. The molecule has 1 unspecified atom stereocenters. The standard InChI is InChI=1S/C16H26N2O2/c1-16(2,3)11-13(17)12-18-15(19)9-10-20-14-7-5-4-6-8-14/h4-8,13H,9-12,17H2,1-3H3,(H,18,19). The van der Waals surface area contributed by atoms with Crippen molar-refractivity contribution < 1.29 is 9.53 Å². The van der Waals surface area contributed by atoms with Crippen LogP contribution in [0.5, 0.6) is 5.75 Å². The van der Waals surface area contributed by atoms with Crippen LogP contribution < -0.4 is 15.8 Å². The fraction of sp³-hybridized carbons (Fsp3) is 0.562. The second-order valence-corrected chi connectivity index (χ2v) is 6.24. The number of benzene rings is 1. The van der Waals surface area contributed by atoms with Crippen molar-refractivity contribution >= 4 is 5.91 Å². The molecule has 0 saturated carbocycles. The van der Waals surface area contributed by atoms with Crippen LogP contribution in [0, 0.1) is 5.41 Å². The second-order valence-electron chi connectivity index (χ2n) is 6.24. The molecule has 112 valence electrons. The fourth-order valence-corrected chi connectivity index (χ4v) is 1.97. The monoisotopic (exact) mass is 278 g/mol. The molecule has 1 rings (SSSR count). The Morgan fingerprint density at radius 1 is 1.30 bits per heavy atom. The van der Waals surface area contributed by atoms with Crippen molar-refractivity contribution in [2.75, 3.05) is 13.2 Å². The number of hydrogen-bond acceptors (Lipinski definition) is 3. The van der Waals surface area contributed by atoms with Crippen LogP contribution in [-0.4, -0.2) is 25.1 Å². The summed E-state index contributed by atoms with van der Waals surface area (Å²) in [6, 6.07) is 9.47. The molecule has 0 aliphatic carbocycles. The minimum Gasteiger partial charge on any atom is -0.493 e. The van der Waals surface area contributed by atoms with Gasteiger partial charge in [-0.1, -0.05) is 39.0 Å². The van der Waals surface area contributed by atoms with Crippen LogP contribution >= 0.6 is 0 Å². The summed E-state index contributed by atoms with van der Waals surface area (Å²) in [5.41, 5.74) is 6.16. The van der Waals surface area contributed by atoms with Crippen molar-refractivity contribution in [3.63, 3.8) is 0 Å². The summed E-state index contributed by atoms with van der Waals surface area (Å²) in [5.74, 6) is 0.759. The van der Waals surface area contributed by atoms with Crippen LogP contribution in [0.1, 0.15) is 33.6 Å². The zero-order chi connectivity index (χ0) is 15.0. The van der Waals surface area contributed by atoms with Gasteiger partial charge >= 0.3 is 0 Å². The van der Waals surface area contributed by atoms with Gasteiger partial charge in [0.1, 0.15) is 5.75 Å². The summed E-state index contributed by atoms with van der Waals surface area (Å²) in [4.78, 5) is 11.7. The Balaban J connectivity index is 2.14. The van der Waals surface area contributed by atoms with Gasteiger partial charge in [0.25, 0.3) is 0 Å². The fourth-order valence-electron chi connectivity index (χ4n) is 1.97. The number of carbonyl (C=O) groups is 1. The summed E-state index contributed by atoms with van der Waals surface area (Å²) in [6.07, 6.45) is 1.23. The van der Waals surface area contributed by atoms with Gasteiger partial charge in [-0.3, -0.25) is 4.79 Å². The van der Waals surface area contributed by atoms with Gasteiger partial charge in [-0.15, -0.1) is 0 Å². The van der Waals surface area contributed by atoms with E-state index in [1.807, 2.05) is 30.3 Å². The van der Waals surface area contributed by atoms with Gasteiger partial charge in [0.05, 0.1) is 13.0 Å². The Morgan fingerprint density at radius 3 is 2.55 bits per heavy atom. The number of carbonyl (C=O) groups excluding carboxylic acids is 1. The third kappa shape index (κ3) is 7.79. The summed E-state index contributed by atoms with van der Waals surface area (Å²) in [5, 5.41) is 2.85. The average molecular weight is 278 g/mol. The summed E-state index contributed by atoms with van der Waals surface area (Å²) >= 11 is 0. The minimum atomic E-state index is -0.0229. The highest BCUT2D eigenvalue weighted by Crippen LogP contribution is 2.19. The third-order valence-corrected chi connectivity index (χ3v) is 2.78. The van der Waals surface area contributed by atoms with E-state index in [0.717, 1.165) is 12.2 Å². The molecule has 0 heterocycles. The molecule has 0 aromatic heterocycles. The quantitative estimate of drug-likeness (QED) is 0.804. The highest BCUT2D eigenvalue weighted by molar-refractivity contribution is 5.76. The molecule has 0 bridgehead atoms. The van der Waals surface area contributed by atoms with Crippen LogP contribution in [0.2, 0.25) is 0 Å². The summed E-state index contributed by atoms with van der Waals surface area (Å²) in [6.45, 7) is 7.32. The first-order valence-corrected chi connectivity index (χ1v) is 7.07. The largest absolute Gasteiger partial charge is 0.493 e. The van der Waals surface area contributed by atoms with Gasteiger partial charge in [-0.2, -0.15) is 0 Å². The Labute approximate surface area is 121 Å². The summed E-state index contributed by atoms with van der Waals surface area (Å²) in [7, 11) is 0. The molecule has 20 heavy (non-hydrogen) atoms. The SMILES string of the molecule is CC(C)(C)CC(N)CNC(=O)CCOc1ccccc1. The lowest BCUT2D eigenvalue weighted by atomic mass is 9.88. The van der Waals surface area contributed by atoms with E-state index in [2.05, 4.69) is 26.1 Å². The van der Waals surface area contributed by atoms with Gasteiger partial charge in [-0.05, 0) is 24.0 Å². The minimum absolute atomic E-state index is 0.00556. The predicted octanol–water partition coefficient (Wildman–Crippen LogP) is 2.34. The molecule has 1 aromatic rings. The number of nitrogens with two attached hydrogens (primary N) is 1. The van der Waals surface area contributed by atoms with Gasteiger partial charge < -0.3 is 15.8 Å². The van der Waals surface area contributed by atoms with Crippen LogP contribution in [0.25, 0.3) is 0 Å². The molecule has 4 heteroatoms. The first-order chi connectivity index (χ1) is 9.37. The van der Waals surface area contributed by atoms with Crippen molar-refractivity contribution in [1.82, 2.24) is 5.32 Å². The van der Waals surface area contributed by atoms with Gasteiger partial charge in [0.2, 0.25) is 5.91 Å². The highest BCUT2D eigenvalue weighted by Gasteiger charge is 2.16. The molecule has 0 aliphatic rings. The molecule has 3 N–H and O–H groups in total. The van der Waals surface area contributed by atoms with E-state index in [4.69, 9.17) is 10.5 Å². The molecule has 0 aliphatic heterocycles. The smallest absolute Gasteiger partial charge is 0.223 e. The maximum Gasteiger partial charge on any atom is 0.223 e. The lowest BCUT2D eigenvalue weighted by Gasteiger charge is -2.23. The van der Waals surface area contributed by atoms with E-state index in [1.165, 1.54) is 0 Å². The molecule has 4 nitrogen and oxygen atoms in total. The zero-order valence-electron chi connectivity index (χ0n) is 12.7. The van der Waals surface area contributed by atoms with Crippen LogP contribution in [-0.2, 0) is 4.79 Å². The lowest BCUT2D eigenvalue weighted by molar-refractivity contribution is -0.121. The van der Waals surface area contributed by atoms with Crippen molar-refractivity contribution in [3.05, 3.63) is 30.3 Å². The molecule has 1 aromatic carbocycles. The number of amides is 1. The van der Waals surface area contributed by atoms with Crippen LogP contribution in [0.15, 0.2) is 30.3 Å². The number of para-hydroxylation sites is 1. The van der Waals surface area contributed by atoms with Gasteiger partial charge in [0.15, 0.2) is 0 Å². The molecule has 0 fully saturated rings. The number of ether oxygens (including phenoxy) is 1. The van der Waals surface area contributed by atoms with E-state index in [9.17, 15) is 4.79 Å². The van der Waals surface area contributed by atoms with Gasteiger partial charge in [0, 0.05) is 12.6 Å². The molecular formula is C16H26N2O2. The Morgan fingerprint density at radius 2 is 1.95 bits per heavy atom. The van der Waals surface area contributed by atoms with Crippen LogP contribution in [0.3, 0.4) is 0 Å². The third-order valence-electron chi connectivity index (χ3n) is 2.78. The van der Waals surface area contributed by atoms with Crippen molar-refractivity contribution in [3.8, 4) is 5.75 Å². The maximum atomic E-state index is 11.7. The number of hydrogen-bond donors (Lipinski definition) is 2. The normalized spacial score (nSPS) is 12.8. The highest BCUT2D eigenvalue weighted by atomic mass is 16.5. The Bertz CT molecular complexity index is 399. The molecule has 0 radical (unpaired) electrons. The summed E-state index contributed by atoms with van der Waals surface area (Å²) < 4.78 is 5.47. The first-order valence-electron chi connectivity index (χ1n) is 7.07. The molecule has 1 amide bonds. The Hall–Kier alpha value is -1.55. The van der Waals surface area contributed by atoms with E-state index >= 15 is 0 Å². The average Bonchev–Trinajstić information content (AvgIpc) is 2.36. The van der Waals surface area contributed by atoms with Crippen molar-refractivity contribution in [2.24, 2.45) is 11.1 Å². The van der Waals surface area contributed by atoms with Crippen molar-refractivity contribution in [1.29, 1.82) is 0 Å².